The van der Waals surface area contributed by atoms with Gasteiger partial charge in [0.2, 0.25) is 5.28 Å². The zero-order valence-corrected chi connectivity index (χ0v) is 11.4. The van der Waals surface area contributed by atoms with Crippen LogP contribution in [0.4, 0.5) is 19.0 Å². The number of rotatable bonds is 5. The Morgan fingerprint density at radius 1 is 1.26 bits per heavy atom. The Labute approximate surface area is 116 Å². The number of aromatic nitrogens is 2. The van der Waals surface area contributed by atoms with Gasteiger partial charge in [-0.05, 0) is 35.9 Å². The van der Waals surface area contributed by atoms with Gasteiger partial charge in [0.25, 0.3) is 0 Å². The Bertz CT molecular complexity index is 556. The van der Waals surface area contributed by atoms with Gasteiger partial charge in [0, 0.05) is 13.0 Å². The molecule has 0 unspecified atom stereocenters. The largest absolute Gasteiger partial charge is 0.389 e. The number of fused-ring (bicyclic) bond motifs is 1. The molecule has 0 aliphatic heterocycles. The highest BCUT2D eigenvalue weighted by Gasteiger charge is 2.25. The summed E-state index contributed by atoms with van der Waals surface area (Å²) in [5.41, 5.74) is 0. The molecule has 2 heterocycles. The van der Waals surface area contributed by atoms with Crippen molar-refractivity contribution in [3.8, 4) is 0 Å². The van der Waals surface area contributed by atoms with E-state index in [4.69, 9.17) is 11.6 Å². The molecule has 3 nitrogen and oxygen atoms in total. The molecule has 0 saturated heterocycles. The van der Waals surface area contributed by atoms with E-state index in [1.807, 2.05) is 11.4 Å². The standard InChI is InChI=1S/C11H11ClF3N3S/c12-10-17-8(7-3-6-19-9(7)18-10)16-5-2-1-4-11(13,14)15/h3,6H,1-2,4-5H2,(H,16,17,18). The first-order chi connectivity index (χ1) is 8.96. The van der Waals surface area contributed by atoms with Crippen LogP contribution in [-0.4, -0.2) is 22.7 Å². The van der Waals surface area contributed by atoms with Crippen LogP contribution >= 0.6 is 22.9 Å². The third kappa shape index (κ3) is 4.21. The van der Waals surface area contributed by atoms with Crippen molar-refractivity contribution < 1.29 is 13.2 Å². The van der Waals surface area contributed by atoms with Gasteiger partial charge in [0.15, 0.2) is 0 Å². The molecular formula is C11H11ClF3N3S. The van der Waals surface area contributed by atoms with Crippen molar-refractivity contribution in [3.63, 3.8) is 0 Å². The third-order valence-corrected chi connectivity index (χ3v) is 3.45. The predicted molar refractivity (Wildman–Crippen MR) is 70.8 cm³/mol. The van der Waals surface area contributed by atoms with Gasteiger partial charge in [-0.2, -0.15) is 13.2 Å². The van der Waals surface area contributed by atoms with E-state index in [-0.39, 0.29) is 11.7 Å². The van der Waals surface area contributed by atoms with Crippen LogP contribution in [0.25, 0.3) is 10.2 Å². The van der Waals surface area contributed by atoms with E-state index in [0.717, 1.165) is 10.2 Å². The topological polar surface area (TPSA) is 37.8 Å². The fourth-order valence-corrected chi connectivity index (χ4v) is 2.60. The number of hydrogen-bond acceptors (Lipinski definition) is 4. The Morgan fingerprint density at radius 3 is 2.79 bits per heavy atom. The van der Waals surface area contributed by atoms with Crippen LogP contribution in [0.3, 0.4) is 0 Å². The van der Waals surface area contributed by atoms with Crippen molar-refractivity contribution in [1.29, 1.82) is 0 Å². The molecule has 104 valence electrons. The van der Waals surface area contributed by atoms with Crippen molar-refractivity contribution in [3.05, 3.63) is 16.7 Å². The number of thiophene rings is 1. The quantitative estimate of drug-likeness (QED) is 0.653. The molecule has 8 heteroatoms. The van der Waals surface area contributed by atoms with Crippen molar-refractivity contribution in [1.82, 2.24) is 9.97 Å². The summed E-state index contributed by atoms with van der Waals surface area (Å²) in [7, 11) is 0. The van der Waals surface area contributed by atoms with E-state index in [9.17, 15) is 13.2 Å². The Morgan fingerprint density at radius 2 is 2.05 bits per heavy atom. The van der Waals surface area contributed by atoms with E-state index >= 15 is 0 Å². The Balaban J connectivity index is 1.89. The zero-order valence-electron chi connectivity index (χ0n) is 9.80. The van der Waals surface area contributed by atoms with Crippen LogP contribution in [0.1, 0.15) is 19.3 Å². The second kappa shape index (κ2) is 5.92. The van der Waals surface area contributed by atoms with Gasteiger partial charge in [-0.1, -0.05) is 0 Å². The first-order valence-corrected chi connectivity index (χ1v) is 6.93. The van der Waals surface area contributed by atoms with Gasteiger partial charge in [-0.15, -0.1) is 11.3 Å². The minimum absolute atomic E-state index is 0.0993. The minimum Gasteiger partial charge on any atom is -0.369 e. The lowest BCUT2D eigenvalue weighted by Crippen LogP contribution is -2.09. The van der Waals surface area contributed by atoms with Crippen LogP contribution in [0, 0.1) is 0 Å². The molecule has 0 bridgehead atoms. The van der Waals surface area contributed by atoms with E-state index in [2.05, 4.69) is 15.3 Å². The van der Waals surface area contributed by atoms with Gasteiger partial charge in [-0.3, -0.25) is 0 Å². The minimum atomic E-state index is -4.08. The van der Waals surface area contributed by atoms with Crippen molar-refractivity contribution in [2.75, 3.05) is 11.9 Å². The summed E-state index contributed by atoms with van der Waals surface area (Å²) in [5, 5.41) is 5.84. The van der Waals surface area contributed by atoms with Gasteiger partial charge in [0.05, 0.1) is 5.39 Å². The molecule has 2 aromatic heterocycles. The van der Waals surface area contributed by atoms with Crippen LogP contribution in [0.5, 0.6) is 0 Å². The lowest BCUT2D eigenvalue weighted by atomic mass is 10.2. The fourth-order valence-electron chi connectivity index (χ4n) is 1.62. The molecule has 2 rings (SSSR count). The first-order valence-electron chi connectivity index (χ1n) is 5.67. The number of anilines is 1. The van der Waals surface area contributed by atoms with Crippen LogP contribution in [-0.2, 0) is 0 Å². The normalized spacial score (nSPS) is 12.0. The lowest BCUT2D eigenvalue weighted by Gasteiger charge is -2.08. The van der Waals surface area contributed by atoms with Crippen LogP contribution in [0.15, 0.2) is 11.4 Å². The van der Waals surface area contributed by atoms with Gasteiger partial charge >= 0.3 is 6.18 Å². The molecule has 0 atom stereocenters. The number of halogens is 4. The van der Waals surface area contributed by atoms with Gasteiger partial charge < -0.3 is 5.32 Å². The smallest absolute Gasteiger partial charge is 0.369 e. The van der Waals surface area contributed by atoms with Gasteiger partial charge in [-0.25, -0.2) is 9.97 Å². The van der Waals surface area contributed by atoms with Crippen molar-refractivity contribution >= 4 is 39.0 Å². The average Bonchev–Trinajstić information content (AvgIpc) is 2.74. The second-order valence-corrected chi connectivity index (χ2v) is 5.21. The van der Waals surface area contributed by atoms with Crippen molar-refractivity contribution in [2.45, 2.75) is 25.4 Å². The zero-order chi connectivity index (χ0) is 13.9. The summed E-state index contributed by atoms with van der Waals surface area (Å²) in [5.74, 6) is 0.572. The summed E-state index contributed by atoms with van der Waals surface area (Å²) >= 11 is 7.21. The molecule has 1 N–H and O–H groups in total. The molecule has 19 heavy (non-hydrogen) atoms. The highest BCUT2D eigenvalue weighted by Crippen LogP contribution is 2.26. The number of hydrogen-bond donors (Lipinski definition) is 1. The predicted octanol–water partition coefficient (Wildman–Crippen LogP) is 4.49. The van der Waals surface area contributed by atoms with E-state index in [1.54, 1.807) is 0 Å². The number of unbranched alkanes of at least 4 members (excludes halogenated alkanes) is 1. The van der Waals surface area contributed by atoms with Crippen LogP contribution in [0.2, 0.25) is 5.28 Å². The molecule has 2 aromatic rings. The maximum Gasteiger partial charge on any atom is 0.389 e. The summed E-state index contributed by atoms with van der Waals surface area (Å²) in [6, 6.07) is 1.86. The molecule has 0 aromatic carbocycles. The summed E-state index contributed by atoms with van der Waals surface area (Å²) in [6.45, 7) is 0.425. The molecule has 0 amide bonds. The van der Waals surface area contributed by atoms with Crippen molar-refractivity contribution in [2.24, 2.45) is 0 Å². The molecule has 0 spiro atoms. The summed E-state index contributed by atoms with van der Waals surface area (Å²) in [4.78, 5) is 8.87. The molecule has 0 radical (unpaired) electrons. The SMILES string of the molecule is FC(F)(F)CCCCNc1nc(Cl)nc2sccc12. The van der Waals surface area contributed by atoms with E-state index < -0.39 is 12.6 Å². The summed E-state index contributed by atoms with van der Waals surface area (Å²) in [6.07, 6.45) is -4.32. The van der Waals surface area contributed by atoms with E-state index in [1.165, 1.54) is 11.3 Å². The second-order valence-electron chi connectivity index (χ2n) is 3.98. The number of nitrogens with zero attached hydrogens (tertiary/aromatic N) is 2. The number of alkyl halides is 3. The number of nitrogens with one attached hydrogen (secondary N) is 1. The summed E-state index contributed by atoms with van der Waals surface area (Å²) < 4.78 is 35.9. The monoisotopic (exact) mass is 309 g/mol. The third-order valence-electron chi connectivity index (χ3n) is 2.48. The highest BCUT2D eigenvalue weighted by atomic mass is 35.5. The lowest BCUT2D eigenvalue weighted by molar-refractivity contribution is -0.135. The molecule has 0 saturated carbocycles. The van der Waals surface area contributed by atoms with Gasteiger partial charge in [0.1, 0.15) is 10.6 Å². The Hall–Kier alpha value is -1.08. The van der Waals surface area contributed by atoms with E-state index in [0.29, 0.717) is 18.8 Å². The maximum absolute atomic E-state index is 12.0. The first kappa shape index (κ1) is 14.3. The highest BCUT2D eigenvalue weighted by molar-refractivity contribution is 7.16. The average molecular weight is 310 g/mol. The fraction of sp³-hybridized carbons (Fsp3) is 0.455. The molecule has 0 fully saturated rings. The maximum atomic E-state index is 12.0. The van der Waals surface area contributed by atoms with Crippen LogP contribution < -0.4 is 5.32 Å². The molecule has 0 aliphatic carbocycles. The molecular weight excluding hydrogens is 299 g/mol. The Kier molecular flexibility index (Phi) is 4.46. The molecule has 0 aliphatic rings.